The monoisotopic (exact) mass is 438 g/mol. The molecule has 1 aliphatic rings. The summed E-state index contributed by atoms with van der Waals surface area (Å²) in [6, 6.07) is 13.8. The normalized spacial score (nSPS) is 18.9. The number of hydrogen-bond donors (Lipinski definition) is 1. The van der Waals surface area contributed by atoms with Crippen LogP contribution in [0.2, 0.25) is 0 Å². The van der Waals surface area contributed by atoms with Crippen molar-refractivity contribution in [3.63, 3.8) is 0 Å². The average molecular weight is 438 g/mol. The molecular weight excluding hydrogens is 411 g/mol. The Morgan fingerprint density at radius 2 is 1.91 bits per heavy atom. The molecule has 0 bridgehead atoms. The second kappa shape index (κ2) is 9.53. The lowest BCUT2D eigenvalue weighted by Crippen LogP contribution is -2.36. The number of aromatic nitrogens is 1. The number of halogens is 1. The van der Waals surface area contributed by atoms with Crippen LogP contribution in [0.4, 0.5) is 4.39 Å². The summed E-state index contributed by atoms with van der Waals surface area (Å²) in [5.74, 6) is 0.0921. The highest BCUT2D eigenvalue weighted by molar-refractivity contribution is 5.88. The minimum atomic E-state index is -0.789. The van der Waals surface area contributed by atoms with Gasteiger partial charge in [-0.05, 0) is 44.0 Å². The molecule has 32 heavy (non-hydrogen) atoms. The maximum atomic E-state index is 13.9. The molecule has 1 aliphatic heterocycles. The van der Waals surface area contributed by atoms with Crippen LogP contribution in [-0.2, 0) is 4.79 Å². The number of hydrogen-bond acceptors (Lipinski definition) is 5. The number of amides is 1. The zero-order chi connectivity index (χ0) is 22.7. The van der Waals surface area contributed by atoms with Crippen molar-refractivity contribution in [3.8, 4) is 11.5 Å². The molecule has 0 aliphatic carbocycles. The van der Waals surface area contributed by atoms with Crippen LogP contribution in [0.15, 0.2) is 48.5 Å². The van der Waals surface area contributed by atoms with Crippen molar-refractivity contribution in [2.45, 2.75) is 38.9 Å². The van der Waals surface area contributed by atoms with Crippen LogP contribution in [0.1, 0.15) is 24.1 Å². The summed E-state index contributed by atoms with van der Waals surface area (Å²) >= 11 is 0. The molecule has 2 aromatic carbocycles. The maximum Gasteiger partial charge on any atom is 0.260 e. The van der Waals surface area contributed by atoms with Crippen LogP contribution in [0.25, 0.3) is 10.9 Å². The number of aliphatic hydroxyl groups excluding tert-OH is 1. The number of fused-ring (bicyclic) bond motifs is 1. The van der Waals surface area contributed by atoms with Gasteiger partial charge in [0.05, 0.1) is 11.6 Å². The summed E-state index contributed by atoms with van der Waals surface area (Å²) < 4.78 is 25.5. The third kappa shape index (κ3) is 4.83. The molecule has 0 unspecified atom stereocenters. The molecule has 168 valence electrons. The summed E-state index contributed by atoms with van der Waals surface area (Å²) in [5, 5.41) is 11.3. The van der Waals surface area contributed by atoms with Gasteiger partial charge in [0.2, 0.25) is 0 Å². The van der Waals surface area contributed by atoms with E-state index >= 15 is 0 Å². The molecule has 4 rings (SSSR count). The first-order valence-corrected chi connectivity index (χ1v) is 10.8. The summed E-state index contributed by atoms with van der Waals surface area (Å²) in [7, 11) is 0. The first-order chi connectivity index (χ1) is 15.4. The predicted octanol–water partition coefficient (Wildman–Crippen LogP) is 3.80. The van der Waals surface area contributed by atoms with Crippen LogP contribution in [0.3, 0.4) is 0 Å². The van der Waals surface area contributed by atoms with E-state index < -0.39 is 18.0 Å². The van der Waals surface area contributed by atoms with Crippen molar-refractivity contribution < 1.29 is 23.8 Å². The maximum absolute atomic E-state index is 13.9. The molecule has 0 saturated carbocycles. The number of pyridine rings is 1. The van der Waals surface area contributed by atoms with Gasteiger partial charge in [-0.15, -0.1) is 0 Å². The standard InChI is InChI=1S/C25H27FN2O4/c1-16-6-5-7-18-23(14-17(2)27-25(16)18)31-15-24(30)28-12-10-20(29)22(11-13-28)32-21-9-4-3-8-19(21)26/h3-9,14,20,22,29H,10-13,15H2,1-2H3/t20-,22-/m0/s1. The Hall–Kier alpha value is -3.19. The fraction of sp³-hybridized carbons (Fsp3) is 0.360. The molecule has 1 fully saturated rings. The smallest absolute Gasteiger partial charge is 0.260 e. The summed E-state index contributed by atoms with van der Waals surface area (Å²) in [4.78, 5) is 19.1. The van der Waals surface area contributed by atoms with Crippen LogP contribution in [0.5, 0.6) is 11.5 Å². The van der Waals surface area contributed by atoms with Crippen molar-refractivity contribution in [1.82, 2.24) is 9.88 Å². The number of para-hydroxylation sites is 2. The molecule has 1 amide bonds. The van der Waals surface area contributed by atoms with Gasteiger partial charge in [0, 0.05) is 36.7 Å². The van der Waals surface area contributed by atoms with E-state index in [4.69, 9.17) is 9.47 Å². The summed E-state index contributed by atoms with van der Waals surface area (Å²) in [6.45, 7) is 4.56. The zero-order valence-corrected chi connectivity index (χ0v) is 18.3. The molecule has 7 heteroatoms. The Bertz CT molecular complexity index is 1120. The van der Waals surface area contributed by atoms with E-state index in [-0.39, 0.29) is 18.3 Å². The lowest BCUT2D eigenvalue weighted by molar-refractivity contribution is -0.133. The average Bonchev–Trinajstić information content (AvgIpc) is 2.96. The summed E-state index contributed by atoms with van der Waals surface area (Å²) in [6.07, 6.45) is -0.623. The van der Waals surface area contributed by atoms with Crippen molar-refractivity contribution in [1.29, 1.82) is 0 Å². The fourth-order valence-electron chi connectivity index (χ4n) is 3.98. The lowest BCUT2D eigenvalue weighted by atomic mass is 10.1. The SMILES string of the molecule is Cc1cc(OCC(=O)N2CC[C@H](Oc3ccccc3F)[C@@H](O)CC2)c2cccc(C)c2n1. The molecule has 1 aromatic heterocycles. The summed E-state index contributed by atoms with van der Waals surface area (Å²) in [5.41, 5.74) is 2.73. The van der Waals surface area contributed by atoms with Gasteiger partial charge in [-0.2, -0.15) is 0 Å². The molecule has 0 spiro atoms. The van der Waals surface area contributed by atoms with Crippen LogP contribution < -0.4 is 9.47 Å². The molecule has 0 radical (unpaired) electrons. The Morgan fingerprint density at radius 1 is 1.12 bits per heavy atom. The topological polar surface area (TPSA) is 71.9 Å². The largest absolute Gasteiger partial charge is 0.485 e. The molecule has 3 aromatic rings. The highest BCUT2D eigenvalue weighted by Crippen LogP contribution is 2.28. The van der Waals surface area contributed by atoms with Crippen molar-refractivity contribution in [2.75, 3.05) is 19.7 Å². The molecule has 1 N–H and O–H groups in total. The second-order valence-corrected chi connectivity index (χ2v) is 8.13. The van der Waals surface area contributed by atoms with Gasteiger partial charge < -0.3 is 19.5 Å². The van der Waals surface area contributed by atoms with Crippen LogP contribution >= 0.6 is 0 Å². The zero-order valence-electron chi connectivity index (χ0n) is 18.3. The molecule has 2 heterocycles. The number of aryl methyl sites for hydroxylation is 2. The van der Waals surface area contributed by atoms with Gasteiger partial charge in [-0.25, -0.2) is 4.39 Å². The predicted molar refractivity (Wildman–Crippen MR) is 119 cm³/mol. The number of ether oxygens (including phenoxy) is 2. The minimum absolute atomic E-state index is 0.106. The highest BCUT2D eigenvalue weighted by atomic mass is 19.1. The number of carbonyl (C=O) groups is 1. The molecule has 1 saturated heterocycles. The van der Waals surface area contributed by atoms with E-state index in [1.54, 1.807) is 17.0 Å². The van der Waals surface area contributed by atoms with Gasteiger partial charge in [-0.3, -0.25) is 9.78 Å². The Balaban J connectivity index is 1.40. The first-order valence-electron chi connectivity index (χ1n) is 10.8. The van der Waals surface area contributed by atoms with Gasteiger partial charge in [-0.1, -0.05) is 24.3 Å². The van der Waals surface area contributed by atoms with E-state index in [0.717, 1.165) is 22.2 Å². The minimum Gasteiger partial charge on any atom is -0.485 e. The number of nitrogens with zero attached hydrogens (tertiary/aromatic N) is 2. The third-order valence-electron chi connectivity index (χ3n) is 5.76. The number of likely N-dealkylation sites (tertiary alicyclic amines) is 1. The Labute approximate surface area is 186 Å². The lowest BCUT2D eigenvalue weighted by Gasteiger charge is -2.22. The third-order valence-corrected chi connectivity index (χ3v) is 5.76. The van der Waals surface area contributed by atoms with Gasteiger partial charge in [0.25, 0.3) is 5.91 Å². The first kappa shape index (κ1) is 22.0. The van der Waals surface area contributed by atoms with Crippen molar-refractivity contribution in [2.24, 2.45) is 0 Å². The highest BCUT2D eigenvalue weighted by Gasteiger charge is 2.29. The quantitative estimate of drug-likeness (QED) is 0.656. The number of rotatable bonds is 5. The van der Waals surface area contributed by atoms with E-state index in [1.165, 1.54) is 12.1 Å². The van der Waals surface area contributed by atoms with Gasteiger partial charge >= 0.3 is 0 Å². The molecule has 6 nitrogen and oxygen atoms in total. The number of aliphatic hydroxyl groups is 1. The van der Waals surface area contributed by atoms with Crippen molar-refractivity contribution in [3.05, 3.63) is 65.6 Å². The van der Waals surface area contributed by atoms with E-state index in [1.807, 2.05) is 38.1 Å². The van der Waals surface area contributed by atoms with Crippen LogP contribution in [0, 0.1) is 19.7 Å². The van der Waals surface area contributed by atoms with E-state index in [2.05, 4.69) is 4.98 Å². The molecule has 2 atom stereocenters. The Morgan fingerprint density at radius 3 is 2.72 bits per heavy atom. The van der Waals surface area contributed by atoms with Gasteiger partial charge in [0.1, 0.15) is 11.9 Å². The van der Waals surface area contributed by atoms with Crippen molar-refractivity contribution >= 4 is 16.8 Å². The molecular formula is C25H27FN2O4. The Kier molecular flexibility index (Phi) is 6.55. The van der Waals surface area contributed by atoms with Crippen LogP contribution in [-0.4, -0.2) is 52.8 Å². The van der Waals surface area contributed by atoms with E-state index in [9.17, 15) is 14.3 Å². The second-order valence-electron chi connectivity index (χ2n) is 8.13. The fourth-order valence-corrected chi connectivity index (χ4v) is 3.98. The number of carbonyl (C=O) groups excluding carboxylic acids is 1. The number of benzene rings is 2. The van der Waals surface area contributed by atoms with E-state index in [0.29, 0.717) is 31.7 Å². The van der Waals surface area contributed by atoms with Gasteiger partial charge in [0.15, 0.2) is 18.2 Å².